The van der Waals surface area contributed by atoms with Gasteiger partial charge in [-0.3, -0.25) is 14.7 Å². The van der Waals surface area contributed by atoms with Crippen LogP contribution in [-0.4, -0.2) is 42.8 Å². The van der Waals surface area contributed by atoms with Crippen molar-refractivity contribution >= 4 is 34.6 Å². The van der Waals surface area contributed by atoms with E-state index in [1.165, 1.54) is 18.0 Å². The van der Waals surface area contributed by atoms with E-state index in [1.54, 1.807) is 38.2 Å². The maximum atomic E-state index is 13.4. The number of alkyl halides is 3. The van der Waals surface area contributed by atoms with Crippen LogP contribution in [0.25, 0.3) is 0 Å². The zero-order valence-corrected chi connectivity index (χ0v) is 17.6. The van der Waals surface area contributed by atoms with Crippen LogP contribution in [0.1, 0.15) is 16.7 Å². The summed E-state index contributed by atoms with van der Waals surface area (Å²) in [4.78, 5) is 17.3. The first kappa shape index (κ1) is 23.6. The number of amides is 1. The molecule has 2 rings (SSSR count). The molecule has 0 saturated heterocycles. The van der Waals surface area contributed by atoms with Crippen molar-refractivity contribution in [2.75, 3.05) is 31.3 Å². The quantitative estimate of drug-likeness (QED) is 0.376. The SMILES string of the molecule is CN=C(NCCS(=O)NC)c1ccc(C(F)(F)F)cc1N(C=O)c1ccccc1C. The van der Waals surface area contributed by atoms with Gasteiger partial charge in [0.2, 0.25) is 6.41 Å². The summed E-state index contributed by atoms with van der Waals surface area (Å²) < 4.78 is 54.3. The van der Waals surface area contributed by atoms with Gasteiger partial charge in [-0.15, -0.1) is 0 Å². The molecule has 0 aliphatic heterocycles. The highest BCUT2D eigenvalue weighted by Crippen LogP contribution is 2.36. The molecule has 0 fully saturated rings. The number of rotatable bonds is 8. The van der Waals surface area contributed by atoms with Crippen molar-refractivity contribution in [3.05, 3.63) is 59.2 Å². The first-order valence-corrected chi connectivity index (χ1v) is 10.3. The molecule has 30 heavy (non-hydrogen) atoms. The van der Waals surface area contributed by atoms with Gasteiger partial charge in [-0.25, -0.2) is 8.93 Å². The molecule has 0 aromatic heterocycles. The van der Waals surface area contributed by atoms with Crippen LogP contribution in [-0.2, 0) is 22.0 Å². The van der Waals surface area contributed by atoms with E-state index in [4.69, 9.17) is 0 Å². The van der Waals surface area contributed by atoms with Crippen molar-refractivity contribution in [3.63, 3.8) is 0 Å². The smallest absolute Gasteiger partial charge is 0.369 e. The highest BCUT2D eigenvalue weighted by molar-refractivity contribution is 7.83. The predicted molar refractivity (Wildman–Crippen MR) is 113 cm³/mol. The molecule has 162 valence electrons. The molecule has 1 atom stereocenters. The van der Waals surface area contributed by atoms with Crippen LogP contribution < -0.4 is 14.9 Å². The van der Waals surface area contributed by atoms with Crippen LogP contribution in [0.15, 0.2) is 47.5 Å². The highest BCUT2D eigenvalue weighted by atomic mass is 32.2. The van der Waals surface area contributed by atoms with Crippen molar-refractivity contribution < 1.29 is 22.2 Å². The number of para-hydroxylation sites is 1. The van der Waals surface area contributed by atoms with Gasteiger partial charge in [0.15, 0.2) is 0 Å². The number of carbonyl (C=O) groups excluding carboxylic acids is 1. The molecule has 1 unspecified atom stereocenters. The van der Waals surface area contributed by atoms with E-state index in [0.29, 0.717) is 17.7 Å². The van der Waals surface area contributed by atoms with E-state index >= 15 is 0 Å². The fraction of sp³-hybridized carbons (Fsp3) is 0.300. The van der Waals surface area contributed by atoms with Crippen molar-refractivity contribution in [3.8, 4) is 0 Å². The third kappa shape index (κ3) is 5.67. The minimum Gasteiger partial charge on any atom is -0.369 e. The number of benzene rings is 2. The predicted octanol–water partition coefficient (Wildman–Crippen LogP) is 3.16. The summed E-state index contributed by atoms with van der Waals surface area (Å²) in [5, 5.41) is 2.99. The first-order chi connectivity index (χ1) is 14.2. The van der Waals surface area contributed by atoms with Crippen LogP contribution in [0.5, 0.6) is 0 Å². The van der Waals surface area contributed by atoms with Gasteiger partial charge in [0.1, 0.15) is 5.84 Å². The van der Waals surface area contributed by atoms with E-state index in [0.717, 1.165) is 17.7 Å². The van der Waals surface area contributed by atoms with Gasteiger partial charge in [0.05, 0.1) is 33.7 Å². The molecule has 0 aliphatic rings. The van der Waals surface area contributed by atoms with Gasteiger partial charge in [0, 0.05) is 19.2 Å². The molecule has 0 spiro atoms. The normalized spacial score (nSPS) is 13.1. The van der Waals surface area contributed by atoms with Crippen molar-refractivity contribution in [2.24, 2.45) is 4.99 Å². The summed E-state index contributed by atoms with van der Waals surface area (Å²) in [6.45, 7) is 2.03. The van der Waals surface area contributed by atoms with E-state index in [-0.39, 0.29) is 23.8 Å². The zero-order valence-electron chi connectivity index (χ0n) is 16.8. The summed E-state index contributed by atoms with van der Waals surface area (Å²) >= 11 is 0. The summed E-state index contributed by atoms with van der Waals surface area (Å²) in [6, 6.07) is 10.0. The molecule has 0 heterocycles. The number of amidine groups is 1. The Morgan fingerprint density at radius 3 is 2.47 bits per heavy atom. The Hall–Kier alpha value is -2.72. The van der Waals surface area contributed by atoms with Gasteiger partial charge < -0.3 is 5.32 Å². The minimum absolute atomic E-state index is 0.0389. The number of hydrogen-bond donors (Lipinski definition) is 2. The molecule has 2 N–H and O–H groups in total. The Kier molecular flexibility index (Phi) is 8.13. The lowest BCUT2D eigenvalue weighted by Crippen LogP contribution is -2.32. The average molecular weight is 440 g/mol. The van der Waals surface area contributed by atoms with Crippen LogP contribution >= 0.6 is 0 Å². The number of anilines is 2. The second-order valence-electron chi connectivity index (χ2n) is 6.24. The molecule has 10 heteroatoms. The maximum absolute atomic E-state index is 13.4. The van der Waals surface area contributed by atoms with Crippen LogP contribution in [0.2, 0.25) is 0 Å². The molecule has 2 aromatic rings. The molecule has 2 aromatic carbocycles. The lowest BCUT2D eigenvalue weighted by atomic mass is 10.0. The summed E-state index contributed by atoms with van der Waals surface area (Å²) in [7, 11) is 1.79. The Morgan fingerprint density at radius 2 is 1.90 bits per heavy atom. The standard InChI is InChI=1S/C20H23F3N4O2S/c1-14-6-4-5-7-17(14)27(13-28)18-12-15(20(21,22)23)8-9-16(18)19(24-2)26-10-11-30(29)25-3/h4-9,12-13,25H,10-11H2,1-3H3,(H,24,26). The second-order valence-corrected chi connectivity index (χ2v) is 7.75. The van der Waals surface area contributed by atoms with Gasteiger partial charge in [-0.05, 0) is 43.8 Å². The number of nitrogens with one attached hydrogen (secondary N) is 2. The second kappa shape index (κ2) is 10.4. The van der Waals surface area contributed by atoms with E-state index in [9.17, 15) is 22.2 Å². The number of aliphatic imine (C=N–C) groups is 1. The molecule has 0 saturated carbocycles. The van der Waals surface area contributed by atoms with Crippen molar-refractivity contribution in [2.45, 2.75) is 13.1 Å². The Balaban J connectivity index is 2.56. The van der Waals surface area contributed by atoms with Crippen LogP contribution in [0.4, 0.5) is 24.5 Å². The number of halogens is 3. The molecular weight excluding hydrogens is 417 g/mol. The fourth-order valence-corrected chi connectivity index (χ4v) is 3.34. The van der Waals surface area contributed by atoms with E-state index < -0.39 is 22.7 Å². The zero-order chi connectivity index (χ0) is 22.3. The largest absolute Gasteiger partial charge is 0.416 e. The van der Waals surface area contributed by atoms with Gasteiger partial charge in [-0.1, -0.05) is 18.2 Å². The van der Waals surface area contributed by atoms with Gasteiger partial charge >= 0.3 is 6.18 Å². The number of hydrogen-bond acceptors (Lipinski definition) is 3. The topological polar surface area (TPSA) is 73.8 Å². The molecule has 1 amide bonds. The van der Waals surface area contributed by atoms with Crippen LogP contribution in [0, 0.1) is 6.92 Å². The molecule has 0 bridgehead atoms. The number of nitrogens with zero attached hydrogens (tertiary/aromatic N) is 2. The lowest BCUT2D eigenvalue weighted by Gasteiger charge is -2.24. The van der Waals surface area contributed by atoms with Gasteiger partial charge in [0.25, 0.3) is 0 Å². The van der Waals surface area contributed by atoms with Crippen LogP contribution in [0.3, 0.4) is 0 Å². The molecular formula is C20H23F3N4O2S. The first-order valence-electron chi connectivity index (χ1n) is 9.01. The summed E-state index contributed by atoms with van der Waals surface area (Å²) in [6.07, 6.45) is -4.10. The lowest BCUT2D eigenvalue weighted by molar-refractivity contribution is -0.137. The van der Waals surface area contributed by atoms with E-state index in [1.807, 2.05) is 0 Å². The minimum atomic E-state index is -4.58. The maximum Gasteiger partial charge on any atom is 0.416 e. The fourth-order valence-electron chi connectivity index (χ4n) is 2.84. The molecule has 0 radical (unpaired) electrons. The van der Waals surface area contributed by atoms with Crippen molar-refractivity contribution in [1.29, 1.82) is 0 Å². The Labute approximate surface area is 175 Å². The molecule has 6 nitrogen and oxygen atoms in total. The Morgan fingerprint density at radius 1 is 1.20 bits per heavy atom. The molecule has 0 aliphatic carbocycles. The summed E-state index contributed by atoms with van der Waals surface area (Å²) in [5.41, 5.74) is 0.654. The van der Waals surface area contributed by atoms with E-state index in [2.05, 4.69) is 15.0 Å². The van der Waals surface area contributed by atoms with Gasteiger partial charge in [-0.2, -0.15) is 13.2 Å². The average Bonchev–Trinajstić information content (AvgIpc) is 2.72. The number of carbonyl (C=O) groups is 1. The third-order valence-electron chi connectivity index (χ3n) is 4.35. The van der Waals surface area contributed by atoms with Crippen molar-refractivity contribution in [1.82, 2.24) is 10.0 Å². The highest BCUT2D eigenvalue weighted by Gasteiger charge is 2.32. The Bertz CT molecular complexity index is 948. The number of aryl methyl sites for hydroxylation is 1. The monoisotopic (exact) mass is 440 g/mol. The summed E-state index contributed by atoms with van der Waals surface area (Å²) in [5.74, 6) is 0.549. The third-order valence-corrected chi connectivity index (χ3v) is 5.38.